The number of halogens is 1. The van der Waals surface area contributed by atoms with Crippen LogP contribution in [0.4, 0.5) is 4.39 Å². The van der Waals surface area contributed by atoms with Crippen LogP contribution < -0.4 is 5.32 Å². The summed E-state index contributed by atoms with van der Waals surface area (Å²) in [6, 6.07) is 6.79. The summed E-state index contributed by atoms with van der Waals surface area (Å²) in [6.07, 6.45) is 1.06. The summed E-state index contributed by atoms with van der Waals surface area (Å²) in [7, 11) is 0. The summed E-state index contributed by atoms with van der Waals surface area (Å²) in [6.45, 7) is 3.77. The predicted octanol–water partition coefficient (Wildman–Crippen LogP) is 2.27. The molecule has 1 fully saturated rings. The zero-order valence-corrected chi connectivity index (χ0v) is 8.87. The highest BCUT2D eigenvalue weighted by atomic mass is 19.1. The van der Waals surface area contributed by atoms with Crippen LogP contribution in [0, 0.1) is 5.82 Å². The van der Waals surface area contributed by atoms with Crippen molar-refractivity contribution in [3.8, 4) is 0 Å². The van der Waals surface area contributed by atoms with Gasteiger partial charge in [-0.3, -0.25) is 0 Å². The molecule has 2 rings (SSSR count). The third-order valence-corrected chi connectivity index (χ3v) is 2.75. The van der Waals surface area contributed by atoms with Crippen molar-refractivity contribution in [2.45, 2.75) is 25.6 Å². The van der Waals surface area contributed by atoms with Crippen LogP contribution >= 0.6 is 0 Å². The second-order valence-electron chi connectivity index (χ2n) is 3.91. The molecule has 2 atom stereocenters. The van der Waals surface area contributed by atoms with Gasteiger partial charge < -0.3 is 10.1 Å². The molecule has 0 radical (unpaired) electrons. The summed E-state index contributed by atoms with van der Waals surface area (Å²) in [5.74, 6) is -0.184. The highest BCUT2D eigenvalue weighted by molar-refractivity contribution is 5.19. The summed E-state index contributed by atoms with van der Waals surface area (Å²) >= 11 is 0. The van der Waals surface area contributed by atoms with Crippen LogP contribution in [-0.2, 0) is 4.74 Å². The minimum Gasteiger partial charge on any atom is -0.369 e. The van der Waals surface area contributed by atoms with Crippen LogP contribution in [0.2, 0.25) is 0 Å². The third kappa shape index (κ3) is 2.55. The van der Waals surface area contributed by atoms with Gasteiger partial charge in [0.05, 0.1) is 12.2 Å². The van der Waals surface area contributed by atoms with Gasteiger partial charge in [-0.2, -0.15) is 0 Å². The first-order valence-corrected chi connectivity index (χ1v) is 5.38. The van der Waals surface area contributed by atoms with E-state index in [9.17, 15) is 4.39 Å². The number of ether oxygens (including phenoxy) is 1. The van der Waals surface area contributed by atoms with Gasteiger partial charge in [-0.15, -0.1) is 0 Å². The van der Waals surface area contributed by atoms with E-state index in [1.54, 1.807) is 12.1 Å². The van der Waals surface area contributed by atoms with Crippen LogP contribution in [0.1, 0.15) is 25.0 Å². The largest absolute Gasteiger partial charge is 0.369 e. The normalized spacial score (nSPS) is 22.9. The zero-order valence-electron chi connectivity index (χ0n) is 8.87. The summed E-state index contributed by atoms with van der Waals surface area (Å²) < 4.78 is 19.2. The molecule has 1 N–H and O–H groups in total. The van der Waals surface area contributed by atoms with Gasteiger partial charge in [0.2, 0.25) is 0 Å². The first-order valence-electron chi connectivity index (χ1n) is 5.38. The molecule has 3 heteroatoms. The molecule has 1 saturated heterocycles. The van der Waals surface area contributed by atoms with E-state index in [-0.39, 0.29) is 18.0 Å². The average Bonchev–Trinajstić information content (AvgIpc) is 2.71. The van der Waals surface area contributed by atoms with Crippen molar-refractivity contribution in [1.82, 2.24) is 5.32 Å². The molecule has 0 spiro atoms. The van der Waals surface area contributed by atoms with Crippen molar-refractivity contribution in [3.05, 3.63) is 35.6 Å². The van der Waals surface area contributed by atoms with Gasteiger partial charge in [-0.1, -0.05) is 18.2 Å². The Balaban J connectivity index is 2.00. The van der Waals surface area contributed by atoms with Crippen molar-refractivity contribution in [3.63, 3.8) is 0 Å². The molecule has 0 bridgehead atoms. The van der Waals surface area contributed by atoms with Gasteiger partial charge in [0.1, 0.15) is 5.82 Å². The average molecular weight is 209 g/mol. The number of hydrogen-bond donors (Lipinski definition) is 1. The van der Waals surface area contributed by atoms with Crippen LogP contribution in [0.5, 0.6) is 0 Å². The third-order valence-electron chi connectivity index (χ3n) is 2.75. The molecule has 1 aliphatic heterocycles. The van der Waals surface area contributed by atoms with E-state index in [0.717, 1.165) is 19.5 Å². The highest BCUT2D eigenvalue weighted by Crippen LogP contribution is 2.22. The lowest BCUT2D eigenvalue weighted by Crippen LogP contribution is -2.19. The quantitative estimate of drug-likeness (QED) is 0.824. The Morgan fingerprint density at radius 2 is 2.27 bits per heavy atom. The molecule has 0 aromatic heterocycles. The fraction of sp³-hybridized carbons (Fsp3) is 0.500. The van der Waals surface area contributed by atoms with Crippen molar-refractivity contribution in [2.24, 2.45) is 0 Å². The molecular weight excluding hydrogens is 193 g/mol. The monoisotopic (exact) mass is 209 g/mol. The minimum atomic E-state index is -0.184. The Hall–Kier alpha value is -0.930. The first-order chi connectivity index (χ1) is 7.27. The van der Waals surface area contributed by atoms with Crippen LogP contribution in [0.3, 0.4) is 0 Å². The molecule has 0 amide bonds. The van der Waals surface area contributed by atoms with Crippen molar-refractivity contribution < 1.29 is 9.13 Å². The first kappa shape index (κ1) is 10.6. The second kappa shape index (κ2) is 4.73. The summed E-state index contributed by atoms with van der Waals surface area (Å²) in [5.41, 5.74) is 0.643. The Labute approximate surface area is 89.4 Å². The molecule has 1 aromatic carbocycles. The Morgan fingerprint density at radius 3 is 2.93 bits per heavy atom. The fourth-order valence-electron chi connectivity index (χ4n) is 1.91. The molecule has 2 nitrogen and oxygen atoms in total. The molecule has 1 aliphatic rings. The Morgan fingerprint density at radius 1 is 1.47 bits per heavy atom. The summed E-state index contributed by atoms with van der Waals surface area (Å²) in [4.78, 5) is 0. The van der Waals surface area contributed by atoms with Crippen LogP contribution in [0.25, 0.3) is 0 Å². The molecule has 0 saturated carbocycles. The van der Waals surface area contributed by atoms with Gasteiger partial charge >= 0.3 is 0 Å². The molecular formula is C12H16FNO. The minimum absolute atomic E-state index is 0.170. The lowest BCUT2D eigenvalue weighted by molar-refractivity contribution is 0.00651. The lowest BCUT2D eigenvalue weighted by atomic mass is 10.1. The standard InChI is InChI=1S/C12H16FNO/c1-9(15-10-6-7-14-8-10)11-4-2-3-5-12(11)13/h2-5,9-10,14H,6-8H2,1H3/t9-,10+/m1/s1. The maximum atomic E-state index is 13.4. The fourth-order valence-corrected chi connectivity index (χ4v) is 1.91. The maximum Gasteiger partial charge on any atom is 0.128 e. The lowest BCUT2D eigenvalue weighted by Gasteiger charge is -2.18. The maximum absolute atomic E-state index is 13.4. The zero-order chi connectivity index (χ0) is 10.7. The molecule has 0 unspecified atom stereocenters. The highest BCUT2D eigenvalue weighted by Gasteiger charge is 2.19. The molecule has 0 aliphatic carbocycles. The van der Waals surface area contributed by atoms with Gasteiger partial charge in [0, 0.05) is 12.1 Å². The van der Waals surface area contributed by atoms with E-state index in [1.807, 2.05) is 13.0 Å². The topological polar surface area (TPSA) is 21.3 Å². The van der Waals surface area contributed by atoms with E-state index >= 15 is 0 Å². The summed E-state index contributed by atoms with van der Waals surface area (Å²) in [5, 5.41) is 3.23. The number of benzene rings is 1. The number of nitrogens with one attached hydrogen (secondary N) is 1. The Bertz CT molecular complexity index is 323. The van der Waals surface area contributed by atoms with E-state index in [2.05, 4.69) is 5.32 Å². The number of rotatable bonds is 3. The van der Waals surface area contributed by atoms with E-state index in [0.29, 0.717) is 5.56 Å². The van der Waals surface area contributed by atoms with Crippen molar-refractivity contribution in [1.29, 1.82) is 0 Å². The number of hydrogen-bond acceptors (Lipinski definition) is 2. The predicted molar refractivity (Wildman–Crippen MR) is 57.2 cm³/mol. The van der Waals surface area contributed by atoms with Crippen molar-refractivity contribution in [2.75, 3.05) is 13.1 Å². The molecule has 1 heterocycles. The van der Waals surface area contributed by atoms with Crippen LogP contribution in [0.15, 0.2) is 24.3 Å². The smallest absolute Gasteiger partial charge is 0.128 e. The van der Waals surface area contributed by atoms with E-state index in [4.69, 9.17) is 4.74 Å². The second-order valence-corrected chi connectivity index (χ2v) is 3.91. The van der Waals surface area contributed by atoms with E-state index < -0.39 is 0 Å². The Kier molecular flexibility index (Phi) is 3.34. The molecule has 1 aromatic rings. The molecule has 15 heavy (non-hydrogen) atoms. The SMILES string of the molecule is C[C@@H](O[C@H]1CCNC1)c1ccccc1F. The van der Waals surface area contributed by atoms with Gasteiger partial charge in [0.15, 0.2) is 0 Å². The van der Waals surface area contributed by atoms with Crippen LogP contribution in [-0.4, -0.2) is 19.2 Å². The van der Waals surface area contributed by atoms with E-state index in [1.165, 1.54) is 6.07 Å². The van der Waals surface area contributed by atoms with Gasteiger partial charge in [-0.25, -0.2) is 4.39 Å². The molecule has 82 valence electrons. The van der Waals surface area contributed by atoms with Crippen molar-refractivity contribution >= 4 is 0 Å². The van der Waals surface area contributed by atoms with Gasteiger partial charge in [0.25, 0.3) is 0 Å². The van der Waals surface area contributed by atoms with Gasteiger partial charge in [-0.05, 0) is 26.0 Å².